The number of rotatable bonds is 4. The van der Waals surface area contributed by atoms with Crippen LogP contribution in [0.4, 0.5) is 11.8 Å². The molecule has 7 heteroatoms. The van der Waals surface area contributed by atoms with Gasteiger partial charge < -0.3 is 24.8 Å². The number of para-hydroxylation sites is 2. The molecule has 2 aliphatic rings. The number of morpholine rings is 1. The summed E-state index contributed by atoms with van der Waals surface area (Å²) in [5.74, 6) is 2.79. The number of nitrogen functional groups attached to an aromatic ring is 1. The van der Waals surface area contributed by atoms with Gasteiger partial charge in [-0.3, -0.25) is 0 Å². The van der Waals surface area contributed by atoms with Crippen molar-refractivity contribution in [3.63, 3.8) is 0 Å². The number of hydrogen-bond donors (Lipinski definition) is 1. The van der Waals surface area contributed by atoms with E-state index in [4.69, 9.17) is 19.9 Å². The Hall–Kier alpha value is -2.54. The van der Waals surface area contributed by atoms with Crippen LogP contribution in [0.5, 0.6) is 11.5 Å². The van der Waals surface area contributed by atoms with Crippen molar-refractivity contribution in [3.8, 4) is 11.5 Å². The molecule has 0 aliphatic carbocycles. The summed E-state index contributed by atoms with van der Waals surface area (Å²) in [6, 6.07) is 9.58. The fraction of sp³-hybridized carbons (Fsp3) is 0.444. The zero-order valence-corrected chi connectivity index (χ0v) is 14.1. The fourth-order valence-electron chi connectivity index (χ4n) is 3.05. The van der Waals surface area contributed by atoms with E-state index in [1.54, 1.807) is 0 Å². The van der Waals surface area contributed by atoms with Gasteiger partial charge in [0.15, 0.2) is 11.5 Å². The maximum atomic E-state index is 6.00. The predicted molar refractivity (Wildman–Crippen MR) is 94.2 cm³/mol. The summed E-state index contributed by atoms with van der Waals surface area (Å²) in [7, 11) is 0. The molecule has 2 aliphatic heterocycles. The smallest absolute Gasteiger partial charge is 0.227 e. The Morgan fingerprint density at radius 2 is 1.92 bits per heavy atom. The van der Waals surface area contributed by atoms with Crippen LogP contribution < -0.4 is 20.1 Å². The number of anilines is 2. The van der Waals surface area contributed by atoms with Gasteiger partial charge in [0, 0.05) is 24.8 Å². The molecule has 1 unspecified atom stereocenters. The van der Waals surface area contributed by atoms with Gasteiger partial charge in [0.05, 0.1) is 13.2 Å². The SMILES string of the molecule is Nc1cc(CCC2COc3ccccc3O2)nc(N2CCOCC2)n1. The first-order valence-corrected chi connectivity index (χ1v) is 8.62. The second-order valence-corrected chi connectivity index (χ2v) is 6.22. The molecule has 1 atom stereocenters. The zero-order valence-electron chi connectivity index (χ0n) is 14.1. The number of aromatic nitrogens is 2. The topological polar surface area (TPSA) is 82.7 Å². The Balaban J connectivity index is 1.40. The third-order valence-electron chi connectivity index (χ3n) is 4.37. The predicted octanol–water partition coefficient (Wildman–Crippen LogP) is 1.67. The van der Waals surface area contributed by atoms with E-state index in [0.29, 0.717) is 31.6 Å². The molecule has 132 valence electrons. The van der Waals surface area contributed by atoms with Crippen molar-refractivity contribution >= 4 is 11.8 Å². The van der Waals surface area contributed by atoms with Gasteiger partial charge in [-0.25, -0.2) is 4.98 Å². The van der Waals surface area contributed by atoms with E-state index in [2.05, 4.69) is 14.9 Å². The standard InChI is InChI=1S/C18H22N4O3/c19-17-11-13(20-18(21-17)22-7-9-23-10-8-22)5-6-14-12-24-15-3-1-2-4-16(15)25-14/h1-4,11,14H,5-10,12H2,(H2,19,20,21). The minimum atomic E-state index is 0.0120. The number of fused-ring (bicyclic) bond motifs is 1. The lowest BCUT2D eigenvalue weighted by atomic mass is 10.1. The van der Waals surface area contributed by atoms with Gasteiger partial charge in [-0.05, 0) is 25.0 Å². The molecule has 1 fully saturated rings. The number of ether oxygens (including phenoxy) is 3. The van der Waals surface area contributed by atoms with Crippen molar-refractivity contribution in [2.45, 2.75) is 18.9 Å². The van der Waals surface area contributed by atoms with Crippen LogP contribution in [0.25, 0.3) is 0 Å². The van der Waals surface area contributed by atoms with Gasteiger partial charge in [-0.1, -0.05) is 12.1 Å². The lowest BCUT2D eigenvalue weighted by Gasteiger charge is -2.28. The summed E-state index contributed by atoms with van der Waals surface area (Å²) in [5.41, 5.74) is 6.90. The lowest BCUT2D eigenvalue weighted by molar-refractivity contribution is 0.0849. The molecule has 0 bridgehead atoms. The fourth-order valence-corrected chi connectivity index (χ4v) is 3.05. The Morgan fingerprint density at radius 3 is 2.76 bits per heavy atom. The number of benzene rings is 1. The first kappa shape index (κ1) is 16.0. The minimum Gasteiger partial charge on any atom is -0.486 e. The van der Waals surface area contributed by atoms with Crippen LogP contribution >= 0.6 is 0 Å². The molecule has 0 saturated carbocycles. The van der Waals surface area contributed by atoms with Crippen LogP contribution in [0.2, 0.25) is 0 Å². The molecule has 1 saturated heterocycles. The number of hydrogen-bond acceptors (Lipinski definition) is 7. The van der Waals surface area contributed by atoms with Crippen molar-refractivity contribution in [2.24, 2.45) is 0 Å². The summed E-state index contributed by atoms with van der Waals surface area (Å²) < 4.78 is 17.1. The number of nitrogens with two attached hydrogens (primary N) is 1. The van der Waals surface area contributed by atoms with E-state index in [1.807, 2.05) is 30.3 Å². The molecule has 2 aromatic rings. The molecule has 3 heterocycles. The third kappa shape index (κ3) is 3.76. The summed E-state index contributed by atoms with van der Waals surface area (Å²) in [4.78, 5) is 11.1. The van der Waals surface area contributed by atoms with Crippen LogP contribution in [-0.2, 0) is 11.2 Å². The molecule has 0 radical (unpaired) electrons. The minimum absolute atomic E-state index is 0.0120. The Kier molecular flexibility index (Phi) is 4.56. The monoisotopic (exact) mass is 342 g/mol. The van der Waals surface area contributed by atoms with Gasteiger partial charge in [-0.15, -0.1) is 0 Å². The van der Waals surface area contributed by atoms with Crippen LogP contribution in [0.15, 0.2) is 30.3 Å². The molecule has 1 aromatic heterocycles. The molecule has 7 nitrogen and oxygen atoms in total. The maximum Gasteiger partial charge on any atom is 0.227 e. The molecule has 2 N–H and O–H groups in total. The summed E-state index contributed by atoms with van der Waals surface area (Å²) in [5, 5.41) is 0. The highest BCUT2D eigenvalue weighted by Crippen LogP contribution is 2.31. The molecule has 4 rings (SSSR count). The van der Waals surface area contributed by atoms with Gasteiger partial charge in [-0.2, -0.15) is 4.98 Å². The average molecular weight is 342 g/mol. The van der Waals surface area contributed by atoms with Crippen molar-refractivity contribution in [3.05, 3.63) is 36.0 Å². The van der Waals surface area contributed by atoms with Crippen molar-refractivity contribution in [1.29, 1.82) is 0 Å². The number of nitrogens with zero attached hydrogens (tertiary/aromatic N) is 3. The van der Waals surface area contributed by atoms with Crippen LogP contribution in [0.3, 0.4) is 0 Å². The van der Waals surface area contributed by atoms with Crippen molar-refractivity contribution in [2.75, 3.05) is 43.5 Å². The normalized spacial score (nSPS) is 19.7. The second-order valence-electron chi connectivity index (χ2n) is 6.22. The van der Waals surface area contributed by atoms with Crippen LogP contribution in [0, 0.1) is 0 Å². The third-order valence-corrected chi connectivity index (χ3v) is 4.37. The highest BCUT2D eigenvalue weighted by atomic mass is 16.6. The highest BCUT2D eigenvalue weighted by molar-refractivity contribution is 5.42. The molecule has 1 aromatic carbocycles. The van der Waals surface area contributed by atoms with E-state index in [1.165, 1.54) is 0 Å². The van der Waals surface area contributed by atoms with Crippen LogP contribution in [0.1, 0.15) is 12.1 Å². The molecule has 0 amide bonds. The zero-order chi connectivity index (χ0) is 17.1. The molecular weight excluding hydrogens is 320 g/mol. The number of aryl methyl sites for hydroxylation is 1. The van der Waals surface area contributed by atoms with Crippen LogP contribution in [-0.4, -0.2) is 49.0 Å². The van der Waals surface area contributed by atoms with Crippen molar-refractivity contribution < 1.29 is 14.2 Å². The van der Waals surface area contributed by atoms with E-state index < -0.39 is 0 Å². The molecular formula is C18H22N4O3. The Labute approximate surface area is 146 Å². The van der Waals surface area contributed by atoms with Gasteiger partial charge in [0.2, 0.25) is 5.95 Å². The van der Waals surface area contributed by atoms with E-state index >= 15 is 0 Å². The van der Waals surface area contributed by atoms with Gasteiger partial charge >= 0.3 is 0 Å². The summed E-state index contributed by atoms with van der Waals surface area (Å²) in [6.45, 7) is 3.52. The van der Waals surface area contributed by atoms with E-state index in [-0.39, 0.29) is 6.10 Å². The van der Waals surface area contributed by atoms with Gasteiger partial charge in [0.1, 0.15) is 18.5 Å². The quantitative estimate of drug-likeness (QED) is 0.905. The van der Waals surface area contributed by atoms with E-state index in [0.717, 1.165) is 43.1 Å². The Morgan fingerprint density at radius 1 is 1.12 bits per heavy atom. The maximum absolute atomic E-state index is 6.00. The Bertz CT molecular complexity index is 734. The highest BCUT2D eigenvalue weighted by Gasteiger charge is 2.21. The summed E-state index contributed by atoms with van der Waals surface area (Å²) in [6.07, 6.45) is 1.59. The lowest BCUT2D eigenvalue weighted by Crippen LogP contribution is -2.37. The molecule has 0 spiro atoms. The average Bonchev–Trinajstić information content (AvgIpc) is 2.66. The second kappa shape index (κ2) is 7.14. The first-order valence-electron chi connectivity index (χ1n) is 8.62. The van der Waals surface area contributed by atoms with E-state index in [9.17, 15) is 0 Å². The van der Waals surface area contributed by atoms with Crippen molar-refractivity contribution in [1.82, 2.24) is 9.97 Å². The largest absolute Gasteiger partial charge is 0.486 e. The van der Waals surface area contributed by atoms with Gasteiger partial charge in [0.25, 0.3) is 0 Å². The molecule has 25 heavy (non-hydrogen) atoms. The summed E-state index contributed by atoms with van der Waals surface area (Å²) >= 11 is 0. The first-order chi connectivity index (χ1) is 12.3.